The molecule has 2 heterocycles. The van der Waals surface area contributed by atoms with E-state index >= 15 is 0 Å². The van der Waals surface area contributed by atoms with Crippen LogP contribution >= 0.6 is 35.3 Å². The molecule has 28 heavy (non-hydrogen) atoms. The van der Waals surface area contributed by atoms with Gasteiger partial charge in [0.25, 0.3) is 0 Å². The number of rotatable bonds is 6. The van der Waals surface area contributed by atoms with Crippen LogP contribution in [-0.2, 0) is 12.6 Å². The molecule has 0 radical (unpaired) electrons. The number of aliphatic imine (C=N–C) groups is 1. The molecule has 2 rings (SSSR count). The zero-order valence-electron chi connectivity index (χ0n) is 15.0. The molecule has 0 aliphatic carbocycles. The van der Waals surface area contributed by atoms with Gasteiger partial charge in [0.15, 0.2) is 11.7 Å². The smallest absolute Gasteiger partial charge is 0.356 e. The number of halogens is 7. The number of alkyl halides is 6. The van der Waals surface area contributed by atoms with E-state index in [0.717, 1.165) is 16.7 Å². The summed E-state index contributed by atoms with van der Waals surface area (Å²) < 4.78 is 74.7. The van der Waals surface area contributed by atoms with Gasteiger partial charge >= 0.3 is 12.4 Å². The molecular weight excluding hydrogens is 523 g/mol. The molecule has 1 aliphatic heterocycles. The van der Waals surface area contributed by atoms with Crippen molar-refractivity contribution in [2.75, 3.05) is 39.8 Å². The summed E-state index contributed by atoms with van der Waals surface area (Å²) in [6.45, 7) is 0.690. The highest BCUT2D eigenvalue weighted by molar-refractivity contribution is 14.0. The maximum atomic E-state index is 12.5. The zero-order valence-corrected chi connectivity index (χ0v) is 18.2. The van der Waals surface area contributed by atoms with E-state index in [4.69, 9.17) is 0 Å². The highest BCUT2D eigenvalue weighted by atomic mass is 127. The van der Waals surface area contributed by atoms with Crippen molar-refractivity contribution in [3.05, 3.63) is 16.1 Å². The predicted molar refractivity (Wildman–Crippen MR) is 106 cm³/mol. The third-order valence-electron chi connectivity index (χ3n) is 4.03. The van der Waals surface area contributed by atoms with Crippen molar-refractivity contribution in [1.29, 1.82) is 0 Å². The summed E-state index contributed by atoms with van der Waals surface area (Å²) in [5, 5.41) is 7.36. The molecule has 1 aromatic heterocycles. The van der Waals surface area contributed by atoms with Crippen molar-refractivity contribution >= 4 is 41.3 Å². The Balaban J connectivity index is 0.00000392. The molecule has 0 saturated carbocycles. The quantitative estimate of drug-likeness (QED) is 0.249. The molecule has 1 saturated heterocycles. The Hall–Kier alpha value is -0.830. The number of aromatic nitrogens is 1. The van der Waals surface area contributed by atoms with Crippen LogP contribution in [0.3, 0.4) is 0 Å². The third kappa shape index (κ3) is 8.68. The first-order valence-electron chi connectivity index (χ1n) is 8.32. The van der Waals surface area contributed by atoms with Gasteiger partial charge in [-0.2, -0.15) is 26.3 Å². The average Bonchev–Trinajstić information content (AvgIpc) is 3.18. The molecule has 0 bridgehead atoms. The molecule has 0 amide bonds. The van der Waals surface area contributed by atoms with E-state index in [0.29, 0.717) is 50.0 Å². The van der Waals surface area contributed by atoms with Crippen LogP contribution in [0.1, 0.15) is 17.1 Å². The summed E-state index contributed by atoms with van der Waals surface area (Å²) in [5.74, 6) is 0.538. The maximum absolute atomic E-state index is 12.5. The van der Waals surface area contributed by atoms with Crippen LogP contribution in [0.4, 0.5) is 26.3 Å². The van der Waals surface area contributed by atoms with Gasteiger partial charge in [0, 0.05) is 38.5 Å². The van der Waals surface area contributed by atoms with Gasteiger partial charge in [0.2, 0.25) is 0 Å². The molecule has 1 atom stereocenters. The van der Waals surface area contributed by atoms with Crippen LogP contribution in [0.15, 0.2) is 10.4 Å². The Morgan fingerprint density at radius 3 is 2.57 bits per heavy atom. The van der Waals surface area contributed by atoms with E-state index in [1.807, 2.05) is 0 Å². The van der Waals surface area contributed by atoms with E-state index in [1.165, 1.54) is 4.90 Å². The summed E-state index contributed by atoms with van der Waals surface area (Å²) in [7, 11) is 1.55. The lowest BCUT2D eigenvalue weighted by atomic mass is 10.1. The topological polar surface area (TPSA) is 52.6 Å². The van der Waals surface area contributed by atoms with Crippen LogP contribution < -0.4 is 10.6 Å². The molecule has 1 aromatic rings. The molecule has 5 nitrogen and oxygen atoms in total. The fourth-order valence-corrected chi connectivity index (χ4v) is 3.59. The summed E-state index contributed by atoms with van der Waals surface area (Å²) in [5.41, 5.74) is -0.894. The molecule has 0 aromatic carbocycles. The largest absolute Gasteiger partial charge is 0.434 e. The number of nitrogens with one attached hydrogen (secondary N) is 2. The second-order valence-corrected chi connectivity index (χ2v) is 7.20. The van der Waals surface area contributed by atoms with Crippen molar-refractivity contribution in [3.8, 4) is 0 Å². The van der Waals surface area contributed by atoms with E-state index < -0.39 is 24.6 Å². The second kappa shape index (κ2) is 10.8. The van der Waals surface area contributed by atoms with Gasteiger partial charge in [0.1, 0.15) is 0 Å². The predicted octanol–water partition coefficient (Wildman–Crippen LogP) is 3.37. The van der Waals surface area contributed by atoms with Crippen molar-refractivity contribution < 1.29 is 26.3 Å². The molecule has 1 fully saturated rings. The lowest BCUT2D eigenvalue weighted by molar-refractivity contribution is -0.144. The minimum Gasteiger partial charge on any atom is -0.356 e. The molecule has 162 valence electrons. The highest BCUT2D eigenvalue weighted by Crippen LogP contribution is 2.30. The Labute approximate surface area is 180 Å². The van der Waals surface area contributed by atoms with Crippen LogP contribution in [0, 0.1) is 5.92 Å². The monoisotopic (exact) mass is 545 g/mol. The van der Waals surface area contributed by atoms with Gasteiger partial charge in [-0.25, -0.2) is 4.98 Å². The number of nitrogens with zero attached hydrogens (tertiary/aromatic N) is 3. The van der Waals surface area contributed by atoms with Crippen LogP contribution in [-0.4, -0.2) is 61.8 Å². The average molecular weight is 545 g/mol. The summed E-state index contributed by atoms with van der Waals surface area (Å²) in [6, 6.07) is 0. The van der Waals surface area contributed by atoms with Crippen LogP contribution in [0.25, 0.3) is 0 Å². The normalized spacial score (nSPS) is 18.8. The van der Waals surface area contributed by atoms with Gasteiger partial charge < -0.3 is 10.6 Å². The number of thiazole rings is 1. The lowest BCUT2D eigenvalue weighted by Crippen LogP contribution is -2.41. The standard InChI is InChI=1S/C15H21F6N5S.HI/c1-22-13(23-4-2-12-25-11(8-27-12)15(19,20)21)24-6-10-3-5-26(7-10)9-14(16,17)18;/h8,10H,2-7,9H2,1H3,(H2,22,23,24);1H. The van der Waals surface area contributed by atoms with Gasteiger partial charge in [-0.05, 0) is 18.9 Å². The van der Waals surface area contributed by atoms with E-state index in [9.17, 15) is 26.3 Å². The molecule has 13 heteroatoms. The first-order chi connectivity index (χ1) is 12.6. The van der Waals surface area contributed by atoms with E-state index in [1.54, 1.807) is 7.05 Å². The van der Waals surface area contributed by atoms with E-state index in [-0.39, 0.29) is 29.9 Å². The first kappa shape index (κ1) is 25.2. The molecule has 2 N–H and O–H groups in total. The minimum absolute atomic E-state index is 0. The van der Waals surface area contributed by atoms with Gasteiger partial charge in [-0.1, -0.05) is 0 Å². The first-order valence-corrected chi connectivity index (χ1v) is 9.20. The summed E-state index contributed by atoms with van der Waals surface area (Å²) in [4.78, 5) is 8.93. The number of guanidine groups is 1. The van der Waals surface area contributed by atoms with Crippen LogP contribution in [0.5, 0.6) is 0 Å². The molecule has 1 aliphatic rings. The van der Waals surface area contributed by atoms with Crippen molar-refractivity contribution in [2.45, 2.75) is 25.2 Å². The highest BCUT2D eigenvalue weighted by Gasteiger charge is 2.34. The number of hydrogen-bond donors (Lipinski definition) is 2. The van der Waals surface area contributed by atoms with Gasteiger partial charge in [0.05, 0.1) is 11.6 Å². The summed E-state index contributed by atoms with van der Waals surface area (Å²) >= 11 is 0.945. The molecule has 0 spiro atoms. The molecule has 1 unspecified atom stereocenters. The van der Waals surface area contributed by atoms with Crippen LogP contribution in [0.2, 0.25) is 0 Å². The third-order valence-corrected chi connectivity index (χ3v) is 4.94. The molecular formula is C15H22F6IN5S. The van der Waals surface area contributed by atoms with Gasteiger partial charge in [-0.15, -0.1) is 35.3 Å². The van der Waals surface area contributed by atoms with Crippen molar-refractivity contribution in [2.24, 2.45) is 10.9 Å². The van der Waals surface area contributed by atoms with E-state index in [2.05, 4.69) is 20.6 Å². The number of hydrogen-bond acceptors (Lipinski definition) is 4. The Morgan fingerprint density at radius 2 is 2.00 bits per heavy atom. The SMILES string of the molecule is CN=C(NCCc1nc(C(F)(F)F)cs1)NCC1CCN(CC(F)(F)F)C1.I. The maximum Gasteiger partial charge on any atom is 0.434 e. The lowest BCUT2D eigenvalue weighted by Gasteiger charge is -2.18. The zero-order chi connectivity index (χ0) is 20.1. The van der Waals surface area contributed by atoms with Crippen molar-refractivity contribution in [1.82, 2.24) is 20.5 Å². The summed E-state index contributed by atoms with van der Waals surface area (Å²) in [6.07, 6.45) is -7.66. The Kier molecular flexibility index (Phi) is 9.73. The number of likely N-dealkylation sites (tertiary alicyclic amines) is 1. The fourth-order valence-electron chi connectivity index (χ4n) is 2.78. The Morgan fingerprint density at radius 1 is 1.29 bits per heavy atom. The minimum atomic E-state index is -4.44. The van der Waals surface area contributed by atoms with Crippen molar-refractivity contribution in [3.63, 3.8) is 0 Å². The Bertz CT molecular complexity index is 633. The van der Waals surface area contributed by atoms with Gasteiger partial charge in [-0.3, -0.25) is 9.89 Å². The fraction of sp³-hybridized carbons (Fsp3) is 0.733. The second-order valence-electron chi connectivity index (χ2n) is 6.26.